The van der Waals surface area contributed by atoms with Gasteiger partial charge in [-0.1, -0.05) is 6.07 Å². The summed E-state index contributed by atoms with van der Waals surface area (Å²) in [4.78, 5) is 26.0. The number of carboxylic acids is 1. The summed E-state index contributed by atoms with van der Waals surface area (Å²) in [6.45, 7) is 0.782. The highest BCUT2D eigenvalue weighted by Gasteiger charge is 2.30. The Bertz CT molecular complexity index is 403. The molecule has 0 aliphatic heterocycles. The number of hydrogen-bond acceptors (Lipinski definition) is 4. The summed E-state index contributed by atoms with van der Waals surface area (Å²) in [5.41, 5.74) is -1.38. The summed E-state index contributed by atoms with van der Waals surface area (Å²) in [6, 6.07) is 5.18. The van der Waals surface area contributed by atoms with Crippen LogP contribution >= 0.6 is 0 Å². The highest BCUT2D eigenvalue weighted by Crippen LogP contribution is 2.01. The number of aliphatic carboxylic acids is 1. The van der Waals surface area contributed by atoms with Crippen molar-refractivity contribution < 1.29 is 19.8 Å². The van der Waals surface area contributed by atoms with Gasteiger partial charge in [-0.05, 0) is 19.1 Å². The van der Waals surface area contributed by atoms with E-state index in [2.05, 4.69) is 10.3 Å². The summed E-state index contributed by atoms with van der Waals surface area (Å²) in [5.74, 6) is -1.76. The van der Waals surface area contributed by atoms with Crippen molar-refractivity contribution in [3.63, 3.8) is 0 Å². The Kier molecular flexibility index (Phi) is 4.17. The maximum absolute atomic E-state index is 11.4. The second-order valence-electron chi connectivity index (χ2n) is 3.85. The molecule has 0 fully saturated rings. The molecule has 0 bridgehead atoms. The molecule has 1 amide bonds. The number of pyridine rings is 1. The van der Waals surface area contributed by atoms with Crippen molar-refractivity contribution in [1.29, 1.82) is 0 Å². The van der Waals surface area contributed by atoms with Crippen LogP contribution in [0.5, 0.6) is 0 Å². The van der Waals surface area contributed by atoms with Crippen molar-refractivity contribution in [2.45, 2.75) is 18.9 Å². The minimum atomic E-state index is -1.96. The number of nitrogens with one attached hydrogen (secondary N) is 1. The number of nitrogens with zero attached hydrogens (tertiary/aromatic N) is 1. The van der Waals surface area contributed by atoms with Gasteiger partial charge >= 0.3 is 5.97 Å². The van der Waals surface area contributed by atoms with E-state index in [1.165, 1.54) is 0 Å². The van der Waals surface area contributed by atoms with Gasteiger partial charge in [-0.3, -0.25) is 9.78 Å². The summed E-state index contributed by atoms with van der Waals surface area (Å²) in [6.07, 6.45) is 1.62. The largest absolute Gasteiger partial charge is 0.479 e. The quantitative estimate of drug-likeness (QED) is 0.646. The predicted octanol–water partition coefficient (Wildman–Crippen LogP) is -0.424. The fraction of sp³-hybridized carbons (Fsp3) is 0.364. The van der Waals surface area contributed by atoms with Crippen LogP contribution in [0.25, 0.3) is 0 Å². The Morgan fingerprint density at radius 3 is 2.71 bits per heavy atom. The zero-order chi connectivity index (χ0) is 12.9. The minimum absolute atomic E-state index is 0.0521. The third-order valence-corrected chi connectivity index (χ3v) is 2.16. The molecule has 0 radical (unpaired) electrons. The SMILES string of the molecule is CC(O)(CNC(=O)Cc1ccccn1)C(=O)O. The molecular weight excluding hydrogens is 224 g/mol. The van der Waals surface area contributed by atoms with Crippen molar-refractivity contribution in [2.24, 2.45) is 0 Å². The summed E-state index contributed by atoms with van der Waals surface area (Å²) < 4.78 is 0. The minimum Gasteiger partial charge on any atom is -0.479 e. The first kappa shape index (κ1) is 13.1. The first-order valence-electron chi connectivity index (χ1n) is 5.04. The number of aromatic nitrogens is 1. The van der Waals surface area contributed by atoms with Gasteiger partial charge in [0.15, 0.2) is 5.60 Å². The van der Waals surface area contributed by atoms with Gasteiger partial charge < -0.3 is 15.5 Å². The Hall–Kier alpha value is -1.95. The third-order valence-electron chi connectivity index (χ3n) is 2.16. The smallest absolute Gasteiger partial charge is 0.337 e. The van der Waals surface area contributed by atoms with E-state index >= 15 is 0 Å². The zero-order valence-corrected chi connectivity index (χ0v) is 9.38. The van der Waals surface area contributed by atoms with Crippen molar-refractivity contribution >= 4 is 11.9 Å². The Labute approximate surface area is 98.3 Å². The molecule has 1 aromatic rings. The second kappa shape index (κ2) is 5.40. The number of carboxylic acid groups (broad SMARTS) is 1. The third kappa shape index (κ3) is 4.20. The maximum Gasteiger partial charge on any atom is 0.337 e. The molecule has 6 heteroatoms. The van der Waals surface area contributed by atoms with Gasteiger partial charge in [0.2, 0.25) is 5.91 Å². The number of carbonyl (C=O) groups is 2. The van der Waals surface area contributed by atoms with Crippen LogP contribution in [0.2, 0.25) is 0 Å². The van der Waals surface area contributed by atoms with Gasteiger partial charge in [-0.25, -0.2) is 4.79 Å². The molecule has 1 atom stereocenters. The van der Waals surface area contributed by atoms with E-state index < -0.39 is 11.6 Å². The molecule has 1 heterocycles. The van der Waals surface area contributed by atoms with E-state index in [1.54, 1.807) is 24.4 Å². The van der Waals surface area contributed by atoms with Crippen LogP contribution in [0, 0.1) is 0 Å². The molecule has 0 aliphatic rings. The number of hydrogen-bond donors (Lipinski definition) is 3. The molecule has 0 aliphatic carbocycles. The standard InChI is InChI=1S/C11H14N2O4/c1-11(17,10(15)16)7-13-9(14)6-8-4-2-3-5-12-8/h2-5,17H,6-7H2,1H3,(H,13,14)(H,15,16). The normalized spacial score (nSPS) is 13.8. The fourth-order valence-corrected chi connectivity index (χ4v) is 1.08. The van der Waals surface area contributed by atoms with Crippen molar-refractivity contribution in [2.75, 3.05) is 6.54 Å². The number of aliphatic hydroxyl groups is 1. The molecule has 3 N–H and O–H groups in total. The monoisotopic (exact) mass is 238 g/mol. The van der Waals surface area contributed by atoms with E-state index in [9.17, 15) is 14.7 Å². The molecule has 0 aromatic carbocycles. The van der Waals surface area contributed by atoms with E-state index in [-0.39, 0.29) is 18.9 Å². The molecule has 1 aromatic heterocycles. The Morgan fingerprint density at radius 2 is 2.18 bits per heavy atom. The van der Waals surface area contributed by atoms with Crippen LogP contribution in [0.3, 0.4) is 0 Å². The zero-order valence-electron chi connectivity index (χ0n) is 9.38. The van der Waals surface area contributed by atoms with Crippen LogP contribution < -0.4 is 5.32 Å². The predicted molar refractivity (Wildman–Crippen MR) is 59.2 cm³/mol. The van der Waals surface area contributed by atoms with E-state index in [1.807, 2.05) is 0 Å². The maximum atomic E-state index is 11.4. The van der Waals surface area contributed by atoms with Crippen LogP contribution in [0.4, 0.5) is 0 Å². The van der Waals surface area contributed by atoms with Crippen molar-refractivity contribution in [3.05, 3.63) is 30.1 Å². The molecule has 0 saturated heterocycles. The number of amides is 1. The average molecular weight is 238 g/mol. The first-order valence-corrected chi connectivity index (χ1v) is 5.04. The lowest BCUT2D eigenvalue weighted by Crippen LogP contribution is -2.46. The van der Waals surface area contributed by atoms with Gasteiger partial charge in [0.25, 0.3) is 0 Å². The summed E-state index contributed by atoms with van der Waals surface area (Å²) >= 11 is 0. The fourth-order valence-electron chi connectivity index (χ4n) is 1.08. The van der Waals surface area contributed by atoms with Gasteiger partial charge in [-0.2, -0.15) is 0 Å². The van der Waals surface area contributed by atoms with Gasteiger partial charge in [0.05, 0.1) is 13.0 Å². The molecule has 0 saturated carbocycles. The second-order valence-corrected chi connectivity index (χ2v) is 3.85. The van der Waals surface area contributed by atoms with E-state index in [0.717, 1.165) is 6.92 Å². The Balaban J connectivity index is 2.44. The lowest BCUT2D eigenvalue weighted by Gasteiger charge is -2.18. The van der Waals surface area contributed by atoms with E-state index in [0.29, 0.717) is 5.69 Å². The molecular formula is C11H14N2O4. The van der Waals surface area contributed by atoms with Crippen molar-refractivity contribution in [1.82, 2.24) is 10.3 Å². The lowest BCUT2D eigenvalue weighted by atomic mass is 10.1. The highest BCUT2D eigenvalue weighted by molar-refractivity contribution is 5.81. The molecule has 1 rings (SSSR count). The summed E-state index contributed by atoms with van der Waals surface area (Å²) in [7, 11) is 0. The van der Waals surface area contributed by atoms with Crippen LogP contribution in [-0.4, -0.2) is 39.2 Å². The van der Waals surface area contributed by atoms with Crippen molar-refractivity contribution in [3.8, 4) is 0 Å². The highest BCUT2D eigenvalue weighted by atomic mass is 16.4. The van der Waals surface area contributed by atoms with Crippen LogP contribution in [0.1, 0.15) is 12.6 Å². The van der Waals surface area contributed by atoms with Gasteiger partial charge in [0.1, 0.15) is 0 Å². The molecule has 1 unspecified atom stereocenters. The molecule has 6 nitrogen and oxygen atoms in total. The van der Waals surface area contributed by atoms with Gasteiger partial charge in [0, 0.05) is 11.9 Å². The van der Waals surface area contributed by atoms with Crippen LogP contribution in [-0.2, 0) is 16.0 Å². The topological polar surface area (TPSA) is 99.5 Å². The Morgan fingerprint density at radius 1 is 1.47 bits per heavy atom. The van der Waals surface area contributed by atoms with Crippen LogP contribution in [0.15, 0.2) is 24.4 Å². The number of rotatable bonds is 5. The molecule has 92 valence electrons. The first-order chi connectivity index (χ1) is 7.92. The molecule has 0 spiro atoms. The average Bonchev–Trinajstić information content (AvgIpc) is 2.28. The van der Waals surface area contributed by atoms with E-state index in [4.69, 9.17) is 5.11 Å². The molecule has 17 heavy (non-hydrogen) atoms. The summed E-state index contributed by atoms with van der Waals surface area (Å²) in [5, 5.41) is 20.4. The number of carbonyl (C=O) groups excluding carboxylic acids is 1. The van der Waals surface area contributed by atoms with Gasteiger partial charge in [-0.15, -0.1) is 0 Å². The lowest BCUT2D eigenvalue weighted by molar-refractivity contribution is -0.156.